The fraction of sp³-hybridized carbons (Fsp3) is 0.900. The van der Waals surface area contributed by atoms with E-state index in [2.05, 4.69) is 45.5 Å². The third-order valence-electron chi connectivity index (χ3n) is 6.60. The molecule has 248 valence electrons. The van der Waals surface area contributed by atoms with Crippen molar-refractivity contribution in [2.75, 3.05) is 85.6 Å². The first-order valence-corrected chi connectivity index (χ1v) is 15.3. The molecule has 0 radical (unpaired) electrons. The molecular formula is C30H57N7O6. The van der Waals surface area contributed by atoms with Crippen LogP contribution in [0.4, 0.5) is 0 Å². The molecule has 0 bridgehead atoms. The molecule has 1 atom stereocenters. The van der Waals surface area contributed by atoms with E-state index in [0.717, 1.165) is 6.54 Å². The van der Waals surface area contributed by atoms with E-state index in [9.17, 15) is 14.4 Å². The molecule has 1 rings (SSSR count). The van der Waals surface area contributed by atoms with Gasteiger partial charge in [-0.1, -0.05) is 25.9 Å². The number of esters is 3. The summed E-state index contributed by atoms with van der Waals surface area (Å²) in [4.78, 5) is 49.9. The molecule has 1 saturated heterocycles. The van der Waals surface area contributed by atoms with Crippen LogP contribution in [-0.2, 0) is 28.6 Å². The summed E-state index contributed by atoms with van der Waals surface area (Å²) in [6.45, 7) is 23.4. The number of methoxy groups -OCH3 is 1. The molecule has 13 heteroatoms. The standard InChI is InChI=1S/C30H57N7O6/c1-28(2,3)23-36-16-15-34(21-25(38)42-29(4,5)6)13-14-35(22-26(39)43-30(7,8)9)17-19-37(20-18-36)24(27(40)41-10)11-12-32-33-31/h24H,11-23H2,1-10H3. The van der Waals surface area contributed by atoms with Gasteiger partial charge in [0.15, 0.2) is 0 Å². The molecule has 1 aliphatic rings. The Kier molecular flexibility index (Phi) is 15.9. The first-order chi connectivity index (χ1) is 19.8. The zero-order valence-electron chi connectivity index (χ0n) is 28.3. The minimum absolute atomic E-state index is 0.0331. The zero-order valence-corrected chi connectivity index (χ0v) is 28.3. The largest absolute Gasteiger partial charge is 0.468 e. The van der Waals surface area contributed by atoms with Crippen LogP contribution in [0.2, 0.25) is 0 Å². The maximum atomic E-state index is 12.9. The minimum Gasteiger partial charge on any atom is -0.468 e. The average Bonchev–Trinajstić information content (AvgIpc) is 2.83. The predicted octanol–water partition coefficient (Wildman–Crippen LogP) is 3.18. The fourth-order valence-electron chi connectivity index (χ4n) is 4.93. The van der Waals surface area contributed by atoms with E-state index in [-0.39, 0.29) is 43.0 Å². The van der Waals surface area contributed by atoms with Crippen LogP contribution in [0.25, 0.3) is 10.4 Å². The Morgan fingerprint density at radius 2 is 1.16 bits per heavy atom. The molecule has 0 saturated carbocycles. The van der Waals surface area contributed by atoms with E-state index < -0.39 is 17.2 Å². The summed E-state index contributed by atoms with van der Waals surface area (Å²) < 4.78 is 16.4. The van der Waals surface area contributed by atoms with Gasteiger partial charge in [-0.2, -0.15) is 0 Å². The van der Waals surface area contributed by atoms with E-state index in [1.54, 1.807) is 0 Å². The van der Waals surface area contributed by atoms with Gasteiger partial charge in [-0.3, -0.25) is 29.1 Å². The van der Waals surface area contributed by atoms with Crippen LogP contribution in [-0.4, -0.2) is 140 Å². The van der Waals surface area contributed by atoms with Crippen molar-refractivity contribution in [1.82, 2.24) is 19.6 Å². The summed E-state index contributed by atoms with van der Waals surface area (Å²) in [5, 5.41) is 3.65. The van der Waals surface area contributed by atoms with Gasteiger partial charge in [0, 0.05) is 70.4 Å². The third kappa shape index (κ3) is 18.1. The number of rotatable bonds is 10. The van der Waals surface area contributed by atoms with Crippen LogP contribution >= 0.6 is 0 Å². The van der Waals surface area contributed by atoms with Crippen LogP contribution in [0, 0.1) is 5.41 Å². The molecule has 0 aromatic rings. The van der Waals surface area contributed by atoms with Crippen molar-refractivity contribution in [3.63, 3.8) is 0 Å². The topological polar surface area (TPSA) is 141 Å². The van der Waals surface area contributed by atoms with Gasteiger partial charge in [-0.25, -0.2) is 0 Å². The van der Waals surface area contributed by atoms with E-state index in [1.165, 1.54) is 7.11 Å². The summed E-state index contributed by atoms with van der Waals surface area (Å²) >= 11 is 0. The lowest BCUT2D eigenvalue weighted by Gasteiger charge is -2.38. The summed E-state index contributed by atoms with van der Waals surface area (Å²) in [5.41, 5.74) is 7.64. The molecule has 1 fully saturated rings. The van der Waals surface area contributed by atoms with Gasteiger partial charge in [0.1, 0.15) is 17.2 Å². The molecular weight excluding hydrogens is 554 g/mol. The summed E-state index contributed by atoms with van der Waals surface area (Å²) in [5.74, 6) is -1.01. The fourth-order valence-corrected chi connectivity index (χ4v) is 4.93. The van der Waals surface area contributed by atoms with E-state index in [1.807, 2.05) is 46.4 Å². The van der Waals surface area contributed by atoms with Gasteiger partial charge in [0.2, 0.25) is 0 Å². The molecule has 0 aliphatic carbocycles. The van der Waals surface area contributed by atoms with E-state index in [4.69, 9.17) is 19.7 Å². The van der Waals surface area contributed by atoms with Crippen molar-refractivity contribution in [1.29, 1.82) is 0 Å². The highest BCUT2D eigenvalue weighted by Gasteiger charge is 2.30. The van der Waals surface area contributed by atoms with Gasteiger partial charge in [0.05, 0.1) is 20.2 Å². The minimum atomic E-state index is -0.619. The van der Waals surface area contributed by atoms with Gasteiger partial charge in [-0.05, 0) is 58.9 Å². The van der Waals surface area contributed by atoms with Crippen LogP contribution in [0.1, 0.15) is 68.7 Å². The monoisotopic (exact) mass is 611 g/mol. The maximum absolute atomic E-state index is 12.9. The lowest BCUT2D eigenvalue weighted by molar-refractivity contribution is -0.158. The van der Waals surface area contributed by atoms with Crippen LogP contribution < -0.4 is 0 Å². The van der Waals surface area contributed by atoms with Gasteiger partial charge < -0.3 is 19.1 Å². The molecule has 0 spiro atoms. The zero-order chi connectivity index (χ0) is 32.8. The Hall–Kier alpha value is -2.44. The molecule has 0 amide bonds. The van der Waals surface area contributed by atoms with Crippen LogP contribution in [0.15, 0.2) is 5.11 Å². The molecule has 0 aromatic heterocycles. The summed E-state index contributed by atoms with van der Waals surface area (Å²) in [6, 6.07) is -0.595. The molecule has 43 heavy (non-hydrogen) atoms. The van der Waals surface area contributed by atoms with Crippen molar-refractivity contribution in [2.24, 2.45) is 10.5 Å². The quantitative estimate of drug-likeness (QED) is 0.119. The lowest BCUT2D eigenvalue weighted by atomic mass is 9.96. The second kappa shape index (κ2) is 17.8. The van der Waals surface area contributed by atoms with Crippen LogP contribution in [0.5, 0.6) is 0 Å². The second-order valence-corrected chi connectivity index (χ2v) is 14.4. The van der Waals surface area contributed by atoms with Crippen molar-refractivity contribution in [3.8, 4) is 0 Å². The number of carbonyl (C=O) groups excluding carboxylic acids is 3. The normalized spacial score (nSPS) is 18.5. The molecule has 0 aromatic carbocycles. The number of azide groups is 1. The Labute approximate surface area is 258 Å². The number of hydrogen-bond acceptors (Lipinski definition) is 11. The number of ether oxygens (including phenoxy) is 3. The third-order valence-corrected chi connectivity index (χ3v) is 6.60. The highest BCUT2D eigenvalue weighted by atomic mass is 16.6. The molecule has 13 nitrogen and oxygen atoms in total. The van der Waals surface area contributed by atoms with E-state index >= 15 is 0 Å². The second-order valence-electron chi connectivity index (χ2n) is 14.4. The average molecular weight is 612 g/mol. The number of nitrogens with zero attached hydrogens (tertiary/aromatic N) is 7. The highest BCUT2D eigenvalue weighted by Crippen LogP contribution is 2.17. The first kappa shape index (κ1) is 38.6. The highest BCUT2D eigenvalue weighted by molar-refractivity contribution is 5.75. The van der Waals surface area contributed by atoms with Gasteiger partial charge in [0.25, 0.3) is 0 Å². The van der Waals surface area contributed by atoms with Crippen molar-refractivity contribution in [3.05, 3.63) is 10.4 Å². The smallest absolute Gasteiger partial charge is 0.323 e. The lowest BCUT2D eigenvalue weighted by Crippen LogP contribution is -2.52. The molecule has 0 N–H and O–H groups in total. The van der Waals surface area contributed by atoms with Crippen molar-refractivity contribution < 1.29 is 28.6 Å². The first-order valence-electron chi connectivity index (χ1n) is 15.3. The SMILES string of the molecule is COC(=O)C(CCN=[N+]=[N-])N1CCN(CC(=O)OC(C)(C)C)CCN(CC(=O)OC(C)(C)C)CCN(CC(C)(C)C)CC1. The van der Waals surface area contributed by atoms with Gasteiger partial charge >= 0.3 is 17.9 Å². The maximum Gasteiger partial charge on any atom is 0.323 e. The Bertz CT molecular complexity index is 935. The van der Waals surface area contributed by atoms with Crippen LogP contribution in [0.3, 0.4) is 0 Å². The summed E-state index contributed by atoms with van der Waals surface area (Å²) in [7, 11) is 1.36. The Balaban J connectivity index is 3.33. The predicted molar refractivity (Wildman–Crippen MR) is 166 cm³/mol. The Morgan fingerprint density at radius 3 is 1.56 bits per heavy atom. The van der Waals surface area contributed by atoms with Gasteiger partial charge in [-0.15, -0.1) is 0 Å². The number of carbonyl (C=O) groups is 3. The molecule has 1 unspecified atom stereocenters. The molecule has 1 heterocycles. The van der Waals surface area contributed by atoms with Crippen molar-refractivity contribution >= 4 is 17.9 Å². The Morgan fingerprint density at radius 1 is 0.744 bits per heavy atom. The molecule has 1 aliphatic heterocycles. The van der Waals surface area contributed by atoms with E-state index in [0.29, 0.717) is 58.8 Å². The number of hydrogen-bond donors (Lipinski definition) is 0. The summed E-state index contributed by atoms with van der Waals surface area (Å²) in [6.07, 6.45) is 0.325. The van der Waals surface area contributed by atoms with Crippen molar-refractivity contribution in [2.45, 2.75) is 86.0 Å².